The van der Waals surface area contributed by atoms with E-state index in [1.54, 1.807) is 5.57 Å². The van der Waals surface area contributed by atoms with Gasteiger partial charge >= 0.3 is 0 Å². The maximum atomic E-state index is 5.77. The van der Waals surface area contributed by atoms with Crippen LogP contribution >= 0.6 is 0 Å². The molecule has 1 atom stereocenters. The number of hydrogen-bond acceptors (Lipinski definition) is 2. The van der Waals surface area contributed by atoms with Gasteiger partial charge in [0.2, 0.25) is 0 Å². The SMILES string of the molecule is C[C@]12CCC=C1CC1(CC2)OCCO1. The maximum absolute atomic E-state index is 5.77. The van der Waals surface area contributed by atoms with E-state index in [0.29, 0.717) is 5.41 Å². The highest BCUT2D eigenvalue weighted by atomic mass is 16.7. The molecule has 1 aliphatic heterocycles. The zero-order chi connectivity index (χ0) is 9.65. The van der Waals surface area contributed by atoms with Crippen molar-refractivity contribution in [1.82, 2.24) is 0 Å². The Morgan fingerprint density at radius 2 is 1.93 bits per heavy atom. The van der Waals surface area contributed by atoms with Crippen LogP contribution in [0.25, 0.3) is 0 Å². The van der Waals surface area contributed by atoms with Gasteiger partial charge < -0.3 is 9.47 Å². The Morgan fingerprint density at radius 1 is 1.14 bits per heavy atom. The number of fused-ring (bicyclic) bond motifs is 1. The summed E-state index contributed by atoms with van der Waals surface area (Å²) in [6.07, 6.45) is 8.33. The molecule has 3 aliphatic rings. The number of rotatable bonds is 0. The predicted octanol–water partition coefficient (Wildman–Crippen LogP) is 2.64. The van der Waals surface area contributed by atoms with Crippen LogP contribution in [0.2, 0.25) is 0 Å². The minimum Gasteiger partial charge on any atom is -0.347 e. The minimum atomic E-state index is -0.227. The van der Waals surface area contributed by atoms with Gasteiger partial charge in [-0.25, -0.2) is 0 Å². The molecule has 1 heterocycles. The van der Waals surface area contributed by atoms with E-state index in [1.165, 1.54) is 19.3 Å². The van der Waals surface area contributed by atoms with Crippen LogP contribution in [0.5, 0.6) is 0 Å². The summed E-state index contributed by atoms with van der Waals surface area (Å²) in [5, 5.41) is 0. The van der Waals surface area contributed by atoms with Crippen molar-refractivity contribution in [2.45, 2.75) is 44.8 Å². The van der Waals surface area contributed by atoms with Gasteiger partial charge in [-0.2, -0.15) is 0 Å². The van der Waals surface area contributed by atoms with Gasteiger partial charge in [-0.05, 0) is 24.7 Å². The fraction of sp³-hybridized carbons (Fsp3) is 0.833. The van der Waals surface area contributed by atoms with Gasteiger partial charge in [-0.3, -0.25) is 0 Å². The second kappa shape index (κ2) is 2.83. The van der Waals surface area contributed by atoms with E-state index in [1.807, 2.05) is 0 Å². The fourth-order valence-electron chi connectivity index (χ4n) is 3.13. The van der Waals surface area contributed by atoms with Crippen molar-refractivity contribution in [3.05, 3.63) is 11.6 Å². The average Bonchev–Trinajstić information content (AvgIpc) is 2.75. The number of allylic oxidation sites excluding steroid dienone is 1. The lowest BCUT2D eigenvalue weighted by molar-refractivity contribution is -0.175. The van der Waals surface area contributed by atoms with E-state index >= 15 is 0 Å². The van der Waals surface area contributed by atoms with Crippen molar-refractivity contribution in [1.29, 1.82) is 0 Å². The molecule has 0 aromatic rings. The third kappa shape index (κ3) is 1.17. The standard InChI is InChI=1S/C12H18O2/c1-11-4-2-3-10(11)9-12(6-5-11)13-7-8-14-12/h3H,2,4-9H2,1H3/t11-/m1/s1. The van der Waals surface area contributed by atoms with Gasteiger partial charge in [0.25, 0.3) is 0 Å². The first kappa shape index (κ1) is 8.93. The Kier molecular flexibility index (Phi) is 1.80. The summed E-state index contributed by atoms with van der Waals surface area (Å²) >= 11 is 0. The van der Waals surface area contributed by atoms with Gasteiger partial charge in [0.15, 0.2) is 5.79 Å². The number of ether oxygens (including phenoxy) is 2. The van der Waals surface area contributed by atoms with Crippen molar-refractivity contribution in [3.63, 3.8) is 0 Å². The first-order chi connectivity index (χ1) is 6.73. The Balaban J connectivity index is 1.84. The first-order valence-corrected chi connectivity index (χ1v) is 5.70. The van der Waals surface area contributed by atoms with E-state index < -0.39 is 0 Å². The first-order valence-electron chi connectivity index (χ1n) is 5.70. The van der Waals surface area contributed by atoms with E-state index in [-0.39, 0.29) is 5.79 Å². The van der Waals surface area contributed by atoms with E-state index in [2.05, 4.69) is 13.0 Å². The molecule has 0 amide bonds. The summed E-state index contributed by atoms with van der Waals surface area (Å²) in [6, 6.07) is 0. The molecule has 78 valence electrons. The molecule has 1 saturated carbocycles. The van der Waals surface area contributed by atoms with Crippen LogP contribution in [0.1, 0.15) is 39.0 Å². The van der Waals surface area contributed by atoms with Gasteiger partial charge in [0.1, 0.15) is 0 Å². The normalized spacial score (nSPS) is 39.9. The highest BCUT2D eigenvalue weighted by molar-refractivity contribution is 5.23. The molecule has 14 heavy (non-hydrogen) atoms. The summed E-state index contributed by atoms with van der Waals surface area (Å²) in [6.45, 7) is 3.96. The summed E-state index contributed by atoms with van der Waals surface area (Å²) in [4.78, 5) is 0. The fourth-order valence-corrected chi connectivity index (χ4v) is 3.13. The van der Waals surface area contributed by atoms with Crippen LogP contribution in [0, 0.1) is 5.41 Å². The van der Waals surface area contributed by atoms with E-state index in [9.17, 15) is 0 Å². The second-order valence-corrected chi connectivity index (χ2v) is 5.11. The minimum absolute atomic E-state index is 0.227. The monoisotopic (exact) mass is 194 g/mol. The van der Waals surface area contributed by atoms with Crippen LogP contribution in [-0.4, -0.2) is 19.0 Å². The molecule has 0 N–H and O–H groups in total. The molecule has 0 unspecified atom stereocenters. The lowest BCUT2D eigenvalue weighted by Crippen LogP contribution is -2.39. The molecular formula is C12H18O2. The second-order valence-electron chi connectivity index (χ2n) is 5.11. The molecule has 2 nitrogen and oxygen atoms in total. The molecule has 2 fully saturated rings. The molecule has 0 aromatic heterocycles. The molecule has 2 aliphatic carbocycles. The Bertz CT molecular complexity index is 276. The van der Waals surface area contributed by atoms with E-state index in [4.69, 9.17) is 9.47 Å². The average molecular weight is 194 g/mol. The van der Waals surface area contributed by atoms with Crippen molar-refractivity contribution >= 4 is 0 Å². The quantitative estimate of drug-likeness (QED) is 0.552. The Hall–Kier alpha value is -0.340. The third-order valence-corrected chi connectivity index (χ3v) is 4.19. The van der Waals surface area contributed by atoms with Crippen LogP contribution in [-0.2, 0) is 9.47 Å². The van der Waals surface area contributed by atoms with E-state index in [0.717, 1.165) is 26.1 Å². The highest BCUT2D eigenvalue weighted by Crippen LogP contribution is 2.53. The smallest absolute Gasteiger partial charge is 0.172 e. The van der Waals surface area contributed by atoms with Crippen LogP contribution in [0.3, 0.4) is 0 Å². The van der Waals surface area contributed by atoms with Gasteiger partial charge in [0.05, 0.1) is 13.2 Å². The third-order valence-electron chi connectivity index (χ3n) is 4.19. The number of hydrogen-bond donors (Lipinski definition) is 0. The van der Waals surface area contributed by atoms with Crippen molar-refractivity contribution < 1.29 is 9.47 Å². The largest absolute Gasteiger partial charge is 0.347 e. The van der Waals surface area contributed by atoms with Gasteiger partial charge in [-0.1, -0.05) is 18.6 Å². The Morgan fingerprint density at radius 3 is 2.71 bits per heavy atom. The molecule has 2 heteroatoms. The molecule has 3 rings (SSSR count). The summed E-state index contributed by atoms with van der Waals surface area (Å²) in [7, 11) is 0. The lowest BCUT2D eigenvalue weighted by Gasteiger charge is -2.41. The van der Waals surface area contributed by atoms with Crippen LogP contribution in [0.15, 0.2) is 11.6 Å². The summed E-state index contributed by atoms with van der Waals surface area (Å²) < 4.78 is 11.5. The van der Waals surface area contributed by atoms with Crippen LogP contribution in [0.4, 0.5) is 0 Å². The molecule has 0 aromatic carbocycles. The van der Waals surface area contributed by atoms with Gasteiger partial charge in [-0.15, -0.1) is 0 Å². The molecular weight excluding hydrogens is 176 g/mol. The molecule has 1 spiro atoms. The van der Waals surface area contributed by atoms with Crippen LogP contribution < -0.4 is 0 Å². The van der Waals surface area contributed by atoms with Crippen molar-refractivity contribution in [2.75, 3.05) is 13.2 Å². The van der Waals surface area contributed by atoms with Crippen molar-refractivity contribution in [3.8, 4) is 0 Å². The molecule has 0 radical (unpaired) electrons. The Labute approximate surface area is 85.3 Å². The zero-order valence-electron chi connectivity index (χ0n) is 8.84. The molecule has 1 saturated heterocycles. The topological polar surface area (TPSA) is 18.5 Å². The summed E-state index contributed by atoms with van der Waals surface area (Å²) in [5.41, 5.74) is 2.06. The lowest BCUT2D eigenvalue weighted by atomic mass is 9.71. The maximum Gasteiger partial charge on any atom is 0.172 e. The zero-order valence-corrected chi connectivity index (χ0v) is 8.84. The van der Waals surface area contributed by atoms with Gasteiger partial charge in [0, 0.05) is 12.8 Å². The highest BCUT2D eigenvalue weighted by Gasteiger charge is 2.47. The van der Waals surface area contributed by atoms with Crippen molar-refractivity contribution in [2.24, 2.45) is 5.41 Å². The predicted molar refractivity (Wildman–Crippen MR) is 53.9 cm³/mol. The molecule has 0 bridgehead atoms. The summed E-state index contributed by atoms with van der Waals surface area (Å²) in [5.74, 6) is -0.227.